The van der Waals surface area contributed by atoms with Crippen LogP contribution in [0.15, 0.2) is 30.6 Å². The van der Waals surface area contributed by atoms with Crippen molar-refractivity contribution in [3.63, 3.8) is 0 Å². The molecule has 8 nitrogen and oxygen atoms in total. The monoisotopic (exact) mass is 394 g/mol. The number of rotatable bonds is 4. The number of hydrogen-bond acceptors (Lipinski definition) is 6. The van der Waals surface area contributed by atoms with Crippen molar-refractivity contribution in [1.29, 1.82) is 0 Å². The molecule has 5 rings (SSSR count). The minimum atomic E-state index is -0.115. The van der Waals surface area contributed by atoms with E-state index in [1.807, 2.05) is 42.8 Å². The van der Waals surface area contributed by atoms with Gasteiger partial charge in [0, 0.05) is 31.5 Å². The molecule has 8 heteroatoms. The fourth-order valence-corrected chi connectivity index (χ4v) is 3.84. The third-order valence-corrected chi connectivity index (χ3v) is 5.46. The molecule has 0 saturated carbocycles. The fourth-order valence-electron chi connectivity index (χ4n) is 3.84. The van der Waals surface area contributed by atoms with E-state index in [0.29, 0.717) is 37.8 Å². The van der Waals surface area contributed by atoms with E-state index in [4.69, 9.17) is 14.2 Å². The fraction of sp³-hybridized carbons (Fsp3) is 0.381. The van der Waals surface area contributed by atoms with E-state index in [1.54, 1.807) is 6.33 Å². The molecule has 1 amide bonds. The Kier molecular flexibility index (Phi) is 4.26. The van der Waals surface area contributed by atoms with Crippen LogP contribution in [0.3, 0.4) is 0 Å². The molecule has 150 valence electrons. The van der Waals surface area contributed by atoms with Gasteiger partial charge in [0.15, 0.2) is 5.75 Å². The van der Waals surface area contributed by atoms with Crippen LogP contribution in [0.4, 0.5) is 0 Å². The van der Waals surface area contributed by atoms with Gasteiger partial charge in [-0.05, 0) is 31.2 Å². The lowest BCUT2D eigenvalue weighted by atomic mass is 10.0. The maximum atomic E-state index is 11.6. The van der Waals surface area contributed by atoms with E-state index in [-0.39, 0.29) is 17.9 Å². The summed E-state index contributed by atoms with van der Waals surface area (Å²) < 4.78 is 19.5. The second-order valence-electron chi connectivity index (χ2n) is 7.49. The SMILES string of the molecule is C[C@@H](Oc1cc(-c2ccc3c(n2)OCCO3)cc2ncn(C)c12)[C@H]1CNC(=O)C1. The van der Waals surface area contributed by atoms with Gasteiger partial charge in [-0.1, -0.05) is 0 Å². The van der Waals surface area contributed by atoms with E-state index in [0.717, 1.165) is 28.0 Å². The first-order valence-corrected chi connectivity index (χ1v) is 9.74. The molecule has 1 saturated heterocycles. The highest BCUT2D eigenvalue weighted by Gasteiger charge is 2.28. The Bertz CT molecular complexity index is 1090. The zero-order valence-corrected chi connectivity index (χ0v) is 16.3. The van der Waals surface area contributed by atoms with Crippen LogP contribution in [0, 0.1) is 5.92 Å². The quantitative estimate of drug-likeness (QED) is 0.731. The molecule has 0 unspecified atom stereocenters. The number of hydrogen-bond donors (Lipinski definition) is 1. The third kappa shape index (κ3) is 3.24. The lowest BCUT2D eigenvalue weighted by Crippen LogP contribution is -2.25. The van der Waals surface area contributed by atoms with Crippen LogP contribution in [0.2, 0.25) is 0 Å². The summed E-state index contributed by atoms with van der Waals surface area (Å²) in [6.07, 6.45) is 2.14. The highest BCUT2D eigenvalue weighted by molar-refractivity contribution is 5.87. The molecule has 2 aliphatic heterocycles. The summed E-state index contributed by atoms with van der Waals surface area (Å²) >= 11 is 0. The average Bonchev–Trinajstić information content (AvgIpc) is 3.33. The molecule has 1 aromatic carbocycles. The van der Waals surface area contributed by atoms with Gasteiger partial charge in [-0.3, -0.25) is 4.79 Å². The Morgan fingerprint density at radius 3 is 2.97 bits per heavy atom. The molecule has 1 fully saturated rings. The summed E-state index contributed by atoms with van der Waals surface area (Å²) in [5.41, 5.74) is 3.38. The molecule has 2 aliphatic rings. The summed E-state index contributed by atoms with van der Waals surface area (Å²) in [6, 6.07) is 7.75. The number of benzene rings is 1. The van der Waals surface area contributed by atoms with Crippen LogP contribution in [-0.4, -0.2) is 46.3 Å². The molecule has 1 N–H and O–H groups in total. The van der Waals surface area contributed by atoms with Gasteiger partial charge in [0.2, 0.25) is 5.91 Å². The number of carbonyl (C=O) groups is 1. The molecule has 0 spiro atoms. The number of fused-ring (bicyclic) bond motifs is 2. The first-order chi connectivity index (χ1) is 14.1. The Morgan fingerprint density at radius 1 is 1.28 bits per heavy atom. The van der Waals surface area contributed by atoms with Gasteiger partial charge in [0.05, 0.1) is 17.5 Å². The van der Waals surface area contributed by atoms with Crippen LogP contribution in [-0.2, 0) is 11.8 Å². The number of carbonyl (C=O) groups excluding carboxylic acids is 1. The van der Waals surface area contributed by atoms with Crippen molar-refractivity contribution >= 4 is 16.9 Å². The predicted octanol–water partition coefficient (Wildman–Crippen LogP) is 2.31. The Balaban J connectivity index is 1.53. The number of aryl methyl sites for hydroxylation is 1. The van der Waals surface area contributed by atoms with Gasteiger partial charge in [-0.25, -0.2) is 9.97 Å². The van der Waals surface area contributed by atoms with Crippen molar-refractivity contribution in [2.45, 2.75) is 19.4 Å². The van der Waals surface area contributed by atoms with Crippen molar-refractivity contribution in [3.05, 3.63) is 30.6 Å². The molecular formula is C21H22N4O4. The number of ether oxygens (including phenoxy) is 3. The van der Waals surface area contributed by atoms with Crippen molar-refractivity contribution in [2.24, 2.45) is 13.0 Å². The van der Waals surface area contributed by atoms with Gasteiger partial charge in [-0.15, -0.1) is 0 Å². The minimum Gasteiger partial charge on any atom is -0.488 e. The van der Waals surface area contributed by atoms with E-state index in [1.165, 1.54) is 0 Å². The zero-order valence-electron chi connectivity index (χ0n) is 16.3. The van der Waals surface area contributed by atoms with Gasteiger partial charge in [-0.2, -0.15) is 0 Å². The van der Waals surface area contributed by atoms with Crippen LogP contribution in [0.5, 0.6) is 17.4 Å². The first kappa shape index (κ1) is 17.8. The summed E-state index contributed by atoms with van der Waals surface area (Å²) in [6.45, 7) is 3.66. The maximum absolute atomic E-state index is 11.6. The van der Waals surface area contributed by atoms with Crippen LogP contribution >= 0.6 is 0 Å². The number of nitrogens with one attached hydrogen (secondary N) is 1. The molecular weight excluding hydrogens is 372 g/mol. The second kappa shape index (κ2) is 6.95. The standard InChI is InChI=1S/C21H22N4O4/c1-12(14-9-19(26)22-10-14)29-18-8-13(7-16-20(18)25(2)11-23-16)15-3-4-17-21(24-15)28-6-5-27-17/h3-4,7-8,11-12,14H,5-6,9-10H2,1-2H3,(H,22,26)/t12-,14-/m1/s1. The van der Waals surface area contributed by atoms with Crippen LogP contribution < -0.4 is 19.5 Å². The van der Waals surface area contributed by atoms with Gasteiger partial charge >= 0.3 is 0 Å². The minimum absolute atomic E-state index is 0.0744. The molecule has 29 heavy (non-hydrogen) atoms. The summed E-state index contributed by atoms with van der Waals surface area (Å²) in [5.74, 6) is 2.09. The number of amides is 1. The van der Waals surface area contributed by atoms with Crippen LogP contribution in [0.25, 0.3) is 22.3 Å². The lowest BCUT2D eigenvalue weighted by Gasteiger charge is -2.21. The molecule has 0 aliphatic carbocycles. The van der Waals surface area contributed by atoms with Crippen molar-refractivity contribution in [3.8, 4) is 28.6 Å². The van der Waals surface area contributed by atoms with E-state index >= 15 is 0 Å². The lowest BCUT2D eigenvalue weighted by molar-refractivity contribution is -0.119. The van der Waals surface area contributed by atoms with Crippen LogP contribution in [0.1, 0.15) is 13.3 Å². The Hall–Kier alpha value is -3.29. The summed E-state index contributed by atoms with van der Waals surface area (Å²) in [7, 11) is 1.94. The molecule has 4 heterocycles. The Labute approximate surface area is 167 Å². The summed E-state index contributed by atoms with van der Waals surface area (Å²) in [5, 5.41) is 2.87. The van der Waals surface area contributed by atoms with Crippen molar-refractivity contribution < 1.29 is 19.0 Å². The zero-order chi connectivity index (χ0) is 20.0. The normalized spacial score (nSPS) is 19.2. The van der Waals surface area contributed by atoms with Gasteiger partial charge < -0.3 is 24.1 Å². The summed E-state index contributed by atoms with van der Waals surface area (Å²) in [4.78, 5) is 20.7. The van der Waals surface area contributed by atoms with Crippen molar-refractivity contribution in [2.75, 3.05) is 19.8 Å². The third-order valence-electron chi connectivity index (χ3n) is 5.46. The number of imidazole rings is 1. The Morgan fingerprint density at radius 2 is 2.14 bits per heavy atom. The number of nitrogens with zero attached hydrogens (tertiary/aromatic N) is 3. The highest BCUT2D eigenvalue weighted by atomic mass is 16.6. The molecule has 2 aromatic heterocycles. The van der Waals surface area contributed by atoms with E-state index < -0.39 is 0 Å². The van der Waals surface area contributed by atoms with E-state index in [2.05, 4.69) is 15.3 Å². The van der Waals surface area contributed by atoms with Crippen molar-refractivity contribution in [1.82, 2.24) is 19.9 Å². The smallest absolute Gasteiger partial charge is 0.257 e. The van der Waals surface area contributed by atoms with Gasteiger partial charge in [0.1, 0.15) is 30.6 Å². The number of aromatic nitrogens is 3. The predicted molar refractivity (Wildman–Crippen MR) is 106 cm³/mol. The molecule has 2 atom stereocenters. The number of pyridine rings is 1. The topological polar surface area (TPSA) is 87.5 Å². The maximum Gasteiger partial charge on any atom is 0.257 e. The average molecular weight is 394 g/mol. The first-order valence-electron chi connectivity index (χ1n) is 9.74. The molecule has 3 aromatic rings. The second-order valence-corrected chi connectivity index (χ2v) is 7.49. The highest BCUT2D eigenvalue weighted by Crippen LogP contribution is 2.36. The van der Waals surface area contributed by atoms with E-state index in [9.17, 15) is 4.79 Å². The molecule has 0 radical (unpaired) electrons. The largest absolute Gasteiger partial charge is 0.488 e. The van der Waals surface area contributed by atoms with Gasteiger partial charge in [0.25, 0.3) is 5.88 Å². The molecule has 0 bridgehead atoms.